The molecule has 1 saturated carbocycles. The molecule has 4 rings (SSSR count). The van der Waals surface area contributed by atoms with E-state index in [1.165, 1.54) is 6.92 Å². The molecular weight excluding hydrogens is 374 g/mol. The van der Waals surface area contributed by atoms with Gasteiger partial charge in [0.25, 0.3) is 0 Å². The van der Waals surface area contributed by atoms with Crippen molar-refractivity contribution < 1.29 is 32.2 Å². The summed E-state index contributed by atoms with van der Waals surface area (Å²) >= 11 is 0. The zero-order chi connectivity index (χ0) is 19.3. The highest BCUT2D eigenvalue weighted by Crippen LogP contribution is 2.51. The SMILES string of the molecule is C=CC(=O)OC(C)C(=O)OC1C2CC3C(O2)C1N(C1CCCCC1)S3(=O)=O. The Morgan fingerprint density at radius 1 is 1.26 bits per heavy atom. The highest BCUT2D eigenvalue weighted by Gasteiger charge is 2.70. The molecule has 27 heavy (non-hydrogen) atoms. The minimum atomic E-state index is -3.47. The van der Waals surface area contributed by atoms with Gasteiger partial charge in [0, 0.05) is 12.1 Å². The van der Waals surface area contributed by atoms with E-state index in [0.29, 0.717) is 6.42 Å². The third kappa shape index (κ3) is 3.00. The first-order chi connectivity index (χ1) is 12.8. The normalized spacial score (nSPS) is 38.5. The predicted molar refractivity (Wildman–Crippen MR) is 94.1 cm³/mol. The van der Waals surface area contributed by atoms with Crippen molar-refractivity contribution in [1.82, 2.24) is 4.31 Å². The lowest BCUT2D eigenvalue weighted by molar-refractivity contribution is -0.171. The van der Waals surface area contributed by atoms with Gasteiger partial charge < -0.3 is 14.2 Å². The van der Waals surface area contributed by atoms with Crippen LogP contribution in [0.2, 0.25) is 0 Å². The van der Waals surface area contributed by atoms with Gasteiger partial charge in [0.2, 0.25) is 10.0 Å². The summed E-state index contributed by atoms with van der Waals surface area (Å²) in [6.07, 6.45) is 3.45. The second kappa shape index (κ2) is 6.86. The maximum Gasteiger partial charge on any atom is 0.347 e. The van der Waals surface area contributed by atoms with E-state index in [4.69, 9.17) is 14.2 Å². The van der Waals surface area contributed by atoms with E-state index >= 15 is 0 Å². The molecule has 6 atom stereocenters. The van der Waals surface area contributed by atoms with Gasteiger partial charge in [-0.2, -0.15) is 4.31 Å². The van der Waals surface area contributed by atoms with Crippen molar-refractivity contribution in [2.24, 2.45) is 0 Å². The van der Waals surface area contributed by atoms with Crippen molar-refractivity contribution in [2.45, 2.75) is 87.2 Å². The summed E-state index contributed by atoms with van der Waals surface area (Å²) in [5.41, 5.74) is 0. The molecule has 3 aliphatic heterocycles. The van der Waals surface area contributed by atoms with Crippen LogP contribution in [0.3, 0.4) is 0 Å². The van der Waals surface area contributed by atoms with Gasteiger partial charge in [-0.3, -0.25) is 0 Å². The van der Waals surface area contributed by atoms with Gasteiger partial charge in [-0.1, -0.05) is 25.8 Å². The monoisotopic (exact) mass is 399 g/mol. The van der Waals surface area contributed by atoms with E-state index in [1.54, 1.807) is 4.31 Å². The molecule has 1 aliphatic carbocycles. The van der Waals surface area contributed by atoms with Gasteiger partial charge in [0.05, 0.1) is 18.2 Å². The van der Waals surface area contributed by atoms with Gasteiger partial charge in [-0.15, -0.1) is 0 Å². The number of sulfonamides is 1. The maximum absolute atomic E-state index is 13.1. The lowest BCUT2D eigenvalue weighted by Gasteiger charge is -2.35. The van der Waals surface area contributed by atoms with Crippen molar-refractivity contribution in [2.75, 3.05) is 0 Å². The quantitative estimate of drug-likeness (QED) is 0.500. The molecule has 3 saturated heterocycles. The molecule has 3 heterocycles. The molecule has 0 aromatic carbocycles. The largest absolute Gasteiger partial charge is 0.455 e. The molecule has 9 heteroatoms. The van der Waals surface area contributed by atoms with E-state index in [2.05, 4.69) is 6.58 Å². The number of carbonyl (C=O) groups is 2. The number of ether oxygens (including phenoxy) is 3. The average molecular weight is 399 g/mol. The van der Waals surface area contributed by atoms with Gasteiger partial charge in [0.15, 0.2) is 6.10 Å². The number of rotatable bonds is 5. The van der Waals surface area contributed by atoms with Crippen LogP contribution in [0.4, 0.5) is 0 Å². The third-order valence-electron chi connectivity index (χ3n) is 6.15. The Morgan fingerprint density at radius 2 is 1.96 bits per heavy atom. The Hall–Kier alpha value is -1.45. The summed E-state index contributed by atoms with van der Waals surface area (Å²) in [6.45, 7) is 4.72. The minimum absolute atomic E-state index is 0.0566. The van der Waals surface area contributed by atoms with Crippen LogP contribution in [0.25, 0.3) is 0 Å². The topological polar surface area (TPSA) is 99.2 Å². The maximum atomic E-state index is 13.1. The molecule has 0 aromatic heterocycles. The van der Waals surface area contributed by atoms with E-state index in [1.807, 2.05) is 0 Å². The molecule has 4 fully saturated rings. The number of hydrogen-bond acceptors (Lipinski definition) is 7. The van der Waals surface area contributed by atoms with E-state index < -0.39 is 57.7 Å². The van der Waals surface area contributed by atoms with Crippen molar-refractivity contribution in [1.29, 1.82) is 0 Å². The first-order valence-electron chi connectivity index (χ1n) is 9.56. The van der Waals surface area contributed by atoms with Crippen LogP contribution in [0.1, 0.15) is 45.4 Å². The fourth-order valence-electron chi connectivity index (χ4n) is 4.97. The molecule has 150 valence electrons. The predicted octanol–water partition coefficient (Wildman–Crippen LogP) is 0.902. The van der Waals surface area contributed by atoms with Crippen LogP contribution < -0.4 is 0 Å². The van der Waals surface area contributed by atoms with Gasteiger partial charge >= 0.3 is 11.9 Å². The Bertz CT molecular complexity index is 745. The number of nitrogens with zero attached hydrogens (tertiary/aromatic N) is 1. The zero-order valence-electron chi connectivity index (χ0n) is 15.3. The van der Waals surface area contributed by atoms with Gasteiger partial charge in [-0.05, 0) is 26.2 Å². The van der Waals surface area contributed by atoms with Crippen molar-refractivity contribution in [3.63, 3.8) is 0 Å². The highest BCUT2D eigenvalue weighted by molar-refractivity contribution is 7.90. The molecule has 0 amide bonds. The van der Waals surface area contributed by atoms with Crippen LogP contribution in [-0.4, -0.2) is 66.4 Å². The Balaban J connectivity index is 1.54. The van der Waals surface area contributed by atoms with Crippen LogP contribution >= 0.6 is 0 Å². The Morgan fingerprint density at radius 3 is 2.63 bits per heavy atom. The summed E-state index contributed by atoms with van der Waals surface area (Å²) in [6, 6.07) is -0.535. The molecule has 2 bridgehead atoms. The molecule has 6 unspecified atom stereocenters. The van der Waals surface area contributed by atoms with Gasteiger partial charge in [-0.25, -0.2) is 18.0 Å². The number of carbonyl (C=O) groups excluding carboxylic acids is 2. The lowest BCUT2D eigenvalue weighted by atomic mass is 9.89. The molecule has 0 spiro atoms. The smallest absolute Gasteiger partial charge is 0.347 e. The minimum Gasteiger partial charge on any atom is -0.455 e. The molecule has 0 radical (unpaired) electrons. The zero-order valence-corrected chi connectivity index (χ0v) is 16.1. The summed E-state index contributed by atoms with van der Waals surface area (Å²) in [5, 5.41) is -0.541. The average Bonchev–Trinajstić information content (AvgIpc) is 3.26. The van der Waals surface area contributed by atoms with Crippen molar-refractivity contribution in [3.8, 4) is 0 Å². The number of hydrogen-bond donors (Lipinski definition) is 0. The highest BCUT2D eigenvalue weighted by atomic mass is 32.2. The van der Waals surface area contributed by atoms with Crippen molar-refractivity contribution >= 4 is 22.0 Å². The first kappa shape index (κ1) is 18.9. The Kier molecular flexibility index (Phi) is 4.80. The summed E-state index contributed by atoms with van der Waals surface area (Å²) in [5.74, 6) is -1.41. The molecule has 0 N–H and O–H groups in total. The summed E-state index contributed by atoms with van der Waals surface area (Å²) in [4.78, 5) is 23.7. The van der Waals surface area contributed by atoms with Crippen LogP contribution in [-0.2, 0) is 33.8 Å². The van der Waals surface area contributed by atoms with E-state index in [9.17, 15) is 18.0 Å². The third-order valence-corrected chi connectivity index (χ3v) is 8.51. The fourth-order valence-corrected chi connectivity index (χ4v) is 7.48. The summed E-state index contributed by atoms with van der Waals surface area (Å²) < 4.78 is 44.2. The Labute approximate surface area is 158 Å². The number of fused-ring (bicyclic) bond motifs is 1. The second-order valence-electron chi connectivity index (χ2n) is 7.76. The van der Waals surface area contributed by atoms with Crippen LogP contribution in [0.15, 0.2) is 12.7 Å². The van der Waals surface area contributed by atoms with Crippen LogP contribution in [0.5, 0.6) is 0 Å². The summed E-state index contributed by atoms with van der Waals surface area (Å²) in [7, 11) is -3.47. The van der Waals surface area contributed by atoms with Crippen LogP contribution in [0, 0.1) is 0 Å². The lowest BCUT2D eigenvalue weighted by Crippen LogP contribution is -2.51. The molecule has 0 aromatic rings. The first-order valence-corrected chi connectivity index (χ1v) is 11.1. The molecule has 4 aliphatic rings. The van der Waals surface area contributed by atoms with Crippen molar-refractivity contribution in [3.05, 3.63) is 12.7 Å². The number of esters is 2. The molecule has 8 nitrogen and oxygen atoms in total. The second-order valence-corrected chi connectivity index (χ2v) is 9.81. The fraction of sp³-hybridized carbons (Fsp3) is 0.778. The van der Waals surface area contributed by atoms with Gasteiger partial charge in [0.1, 0.15) is 11.4 Å². The van der Waals surface area contributed by atoms with E-state index in [0.717, 1.165) is 38.2 Å². The molecular formula is C18H25NO7S. The van der Waals surface area contributed by atoms with E-state index in [-0.39, 0.29) is 6.04 Å². The standard InChI is InChI=1S/C18H25NO7S/c1-3-14(20)24-10(2)18(21)26-16-12-9-13-17(25-12)15(16)19(27(13,22)23)11-7-5-4-6-8-11/h3,10-13,15-17H,1,4-9H2,2H3.